The van der Waals surface area contributed by atoms with Gasteiger partial charge >= 0.3 is 5.97 Å². The third kappa shape index (κ3) is 3.86. The molecule has 1 aromatic carbocycles. The highest BCUT2D eigenvalue weighted by Gasteiger charge is 2.19. The summed E-state index contributed by atoms with van der Waals surface area (Å²) in [5.74, 6) is -0.303. The highest BCUT2D eigenvalue weighted by molar-refractivity contribution is 6.32. The quantitative estimate of drug-likeness (QED) is 0.457. The van der Waals surface area contributed by atoms with Crippen molar-refractivity contribution in [3.63, 3.8) is 0 Å². The molecule has 19 heavy (non-hydrogen) atoms. The van der Waals surface area contributed by atoms with Crippen molar-refractivity contribution in [2.45, 2.75) is 13.3 Å². The van der Waals surface area contributed by atoms with E-state index < -0.39 is 11.8 Å². The number of halogens is 1. The SMILES string of the molecule is CCOC(=O)CC(=O)c1cc(Cl)c(OC)cc1OC. The number of carbonyl (C=O) groups is 2. The fourth-order valence-corrected chi connectivity index (χ4v) is 1.76. The van der Waals surface area contributed by atoms with E-state index in [1.54, 1.807) is 6.92 Å². The van der Waals surface area contributed by atoms with E-state index in [0.717, 1.165) is 0 Å². The van der Waals surface area contributed by atoms with Crippen molar-refractivity contribution < 1.29 is 23.8 Å². The fraction of sp³-hybridized carbons (Fsp3) is 0.385. The van der Waals surface area contributed by atoms with Crippen LogP contribution < -0.4 is 9.47 Å². The van der Waals surface area contributed by atoms with E-state index in [0.29, 0.717) is 11.5 Å². The molecule has 0 saturated carbocycles. The van der Waals surface area contributed by atoms with Crippen LogP contribution in [0.4, 0.5) is 0 Å². The van der Waals surface area contributed by atoms with Crippen molar-refractivity contribution in [2.75, 3.05) is 20.8 Å². The molecule has 0 aliphatic heterocycles. The van der Waals surface area contributed by atoms with Crippen LogP contribution in [0.1, 0.15) is 23.7 Å². The molecule has 0 radical (unpaired) electrons. The number of rotatable bonds is 6. The number of esters is 1. The zero-order chi connectivity index (χ0) is 14.4. The lowest BCUT2D eigenvalue weighted by Gasteiger charge is -2.11. The summed E-state index contributed by atoms with van der Waals surface area (Å²) in [7, 11) is 2.88. The zero-order valence-electron chi connectivity index (χ0n) is 11.0. The van der Waals surface area contributed by atoms with Gasteiger partial charge in [-0.2, -0.15) is 0 Å². The first-order valence-corrected chi connectivity index (χ1v) is 6.01. The predicted octanol–water partition coefficient (Wildman–Crippen LogP) is 2.49. The Kier molecular flexibility index (Phi) is 5.63. The molecule has 5 nitrogen and oxygen atoms in total. The molecular formula is C13H15ClO5. The Hall–Kier alpha value is -1.75. The number of hydrogen-bond donors (Lipinski definition) is 0. The second kappa shape index (κ2) is 6.99. The molecule has 0 aliphatic rings. The molecule has 104 valence electrons. The smallest absolute Gasteiger partial charge is 0.313 e. The lowest BCUT2D eigenvalue weighted by atomic mass is 10.1. The molecule has 6 heteroatoms. The number of Topliss-reactive ketones (excluding diaryl/α,β-unsaturated/α-hetero) is 1. The first-order valence-electron chi connectivity index (χ1n) is 5.63. The molecule has 0 N–H and O–H groups in total. The van der Waals surface area contributed by atoms with Gasteiger partial charge in [-0.25, -0.2) is 0 Å². The molecule has 0 saturated heterocycles. The summed E-state index contributed by atoms with van der Waals surface area (Å²) in [5, 5.41) is 0.274. The van der Waals surface area contributed by atoms with Gasteiger partial charge < -0.3 is 14.2 Å². The summed E-state index contributed by atoms with van der Waals surface area (Å²) >= 11 is 5.95. The van der Waals surface area contributed by atoms with Gasteiger partial charge in [0.25, 0.3) is 0 Å². The van der Waals surface area contributed by atoms with Gasteiger partial charge in [-0.3, -0.25) is 9.59 Å². The van der Waals surface area contributed by atoms with Gasteiger partial charge in [0, 0.05) is 6.07 Å². The number of methoxy groups -OCH3 is 2. The summed E-state index contributed by atoms with van der Waals surface area (Å²) in [6, 6.07) is 2.92. The molecule has 0 bridgehead atoms. The van der Waals surface area contributed by atoms with Crippen molar-refractivity contribution in [1.29, 1.82) is 0 Å². The number of ether oxygens (including phenoxy) is 3. The standard InChI is InChI=1S/C13H15ClO5/c1-4-19-13(16)6-10(15)8-5-9(14)12(18-3)7-11(8)17-2/h5,7H,4,6H2,1-3H3. The van der Waals surface area contributed by atoms with E-state index in [2.05, 4.69) is 0 Å². The van der Waals surface area contributed by atoms with Crippen LogP contribution >= 0.6 is 11.6 Å². The molecule has 0 heterocycles. The molecule has 0 spiro atoms. The van der Waals surface area contributed by atoms with Crippen LogP contribution in [0, 0.1) is 0 Å². The van der Waals surface area contributed by atoms with Gasteiger partial charge in [0.1, 0.15) is 17.9 Å². The molecule has 0 unspecified atom stereocenters. The summed E-state index contributed by atoms with van der Waals surface area (Å²) in [4.78, 5) is 23.3. The van der Waals surface area contributed by atoms with Crippen LogP contribution in [0.2, 0.25) is 5.02 Å². The van der Waals surface area contributed by atoms with Crippen molar-refractivity contribution in [3.8, 4) is 11.5 Å². The Labute approximate surface area is 116 Å². The normalized spacial score (nSPS) is 9.89. The largest absolute Gasteiger partial charge is 0.496 e. The van der Waals surface area contributed by atoms with Gasteiger partial charge in [0.05, 0.1) is 31.4 Å². The predicted molar refractivity (Wildman–Crippen MR) is 70.1 cm³/mol. The molecular weight excluding hydrogens is 272 g/mol. The van der Waals surface area contributed by atoms with E-state index >= 15 is 0 Å². The second-order valence-electron chi connectivity index (χ2n) is 3.59. The molecule has 0 aromatic heterocycles. The topological polar surface area (TPSA) is 61.8 Å². The van der Waals surface area contributed by atoms with Crippen LogP contribution in [-0.4, -0.2) is 32.6 Å². The van der Waals surface area contributed by atoms with Gasteiger partial charge in [-0.05, 0) is 13.0 Å². The van der Waals surface area contributed by atoms with Gasteiger partial charge in [0.15, 0.2) is 5.78 Å². The zero-order valence-corrected chi connectivity index (χ0v) is 11.7. The molecule has 0 aliphatic carbocycles. The van der Waals surface area contributed by atoms with E-state index in [-0.39, 0.29) is 23.6 Å². The highest BCUT2D eigenvalue weighted by Crippen LogP contribution is 2.33. The minimum absolute atomic E-state index is 0.223. The van der Waals surface area contributed by atoms with Crippen molar-refractivity contribution in [1.82, 2.24) is 0 Å². The summed E-state index contributed by atoms with van der Waals surface area (Å²) in [5.41, 5.74) is 0.223. The number of hydrogen-bond acceptors (Lipinski definition) is 5. The number of ketones is 1. The third-order valence-corrected chi connectivity index (χ3v) is 2.68. The van der Waals surface area contributed by atoms with Gasteiger partial charge in [0.2, 0.25) is 0 Å². The lowest BCUT2D eigenvalue weighted by molar-refractivity contribution is -0.141. The molecule has 0 fully saturated rings. The van der Waals surface area contributed by atoms with Crippen LogP contribution in [0.3, 0.4) is 0 Å². The third-order valence-electron chi connectivity index (χ3n) is 2.38. The Balaban J connectivity index is 3.02. The van der Waals surface area contributed by atoms with Gasteiger partial charge in [-0.15, -0.1) is 0 Å². The van der Waals surface area contributed by atoms with Crippen LogP contribution in [-0.2, 0) is 9.53 Å². The average molecular weight is 287 g/mol. The van der Waals surface area contributed by atoms with Crippen molar-refractivity contribution in [3.05, 3.63) is 22.7 Å². The molecule has 1 aromatic rings. The summed E-state index contributed by atoms with van der Waals surface area (Å²) in [6.07, 6.45) is -0.354. The maximum Gasteiger partial charge on any atom is 0.313 e. The average Bonchev–Trinajstić information content (AvgIpc) is 2.38. The molecule has 0 amide bonds. The highest BCUT2D eigenvalue weighted by atomic mass is 35.5. The summed E-state index contributed by atoms with van der Waals surface area (Å²) in [6.45, 7) is 1.90. The van der Waals surface area contributed by atoms with Crippen LogP contribution in [0.25, 0.3) is 0 Å². The minimum atomic E-state index is -0.582. The first kappa shape index (κ1) is 15.3. The fourth-order valence-electron chi connectivity index (χ4n) is 1.52. The lowest BCUT2D eigenvalue weighted by Crippen LogP contribution is -2.12. The van der Waals surface area contributed by atoms with Gasteiger partial charge in [-0.1, -0.05) is 11.6 Å². The Bertz CT molecular complexity index is 484. The van der Waals surface area contributed by atoms with E-state index in [1.807, 2.05) is 0 Å². The van der Waals surface area contributed by atoms with Crippen molar-refractivity contribution >= 4 is 23.4 Å². The number of benzene rings is 1. The van der Waals surface area contributed by atoms with E-state index in [1.165, 1.54) is 26.4 Å². The molecule has 1 rings (SSSR count). The Morgan fingerprint density at radius 1 is 1.16 bits per heavy atom. The monoisotopic (exact) mass is 286 g/mol. The number of carbonyl (C=O) groups excluding carboxylic acids is 2. The Morgan fingerprint density at radius 2 is 1.79 bits per heavy atom. The van der Waals surface area contributed by atoms with E-state index in [9.17, 15) is 9.59 Å². The van der Waals surface area contributed by atoms with Crippen LogP contribution in [0.15, 0.2) is 12.1 Å². The van der Waals surface area contributed by atoms with Crippen molar-refractivity contribution in [2.24, 2.45) is 0 Å². The van der Waals surface area contributed by atoms with E-state index in [4.69, 9.17) is 25.8 Å². The maximum absolute atomic E-state index is 12.0. The molecule has 0 atom stereocenters. The maximum atomic E-state index is 12.0. The summed E-state index contributed by atoms with van der Waals surface area (Å²) < 4.78 is 14.8. The van der Waals surface area contributed by atoms with Crippen LogP contribution in [0.5, 0.6) is 11.5 Å². The minimum Gasteiger partial charge on any atom is -0.496 e. The Morgan fingerprint density at radius 3 is 2.32 bits per heavy atom. The second-order valence-corrected chi connectivity index (χ2v) is 4.00. The first-order chi connectivity index (χ1) is 9.03.